The van der Waals surface area contributed by atoms with E-state index in [1.807, 2.05) is 18.4 Å². The third-order valence-electron chi connectivity index (χ3n) is 6.22. The zero-order valence-electron chi connectivity index (χ0n) is 20.3. The maximum Gasteiger partial charge on any atom is 0.253 e. The normalized spacial score (nSPS) is 16.5. The number of nitrogens with zero attached hydrogens (tertiary/aromatic N) is 4. The molecular formula is C23H30Cl2N4O3S4. The quantitative estimate of drug-likeness (QED) is 0.276. The van der Waals surface area contributed by atoms with Crippen LogP contribution < -0.4 is 4.90 Å². The van der Waals surface area contributed by atoms with Crippen molar-refractivity contribution < 1.29 is 13.2 Å². The molecule has 1 aromatic carbocycles. The van der Waals surface area contributed by atoms with Crippen molar-refractivity contribution in [2.45, 2.75) is 41.8 Å². The predicted octanol–water partition coefficient (Wildman–Crippen LogP) is 5.68. The number of aromatic nitrogens is 1. The van der Waals surface area contributed by atoms with E-state index in [0.717, 1.165) is 39.5 Å². The third-order valence-corrected chi connectivity index (χ3v) is 11.6. The van der Waals surface area contributed by atoms with Crippen molar-refractivity contribution in [2.75, 3.05) is 43.9 Å². The van der Waals surface area contributed by atoms with Gasteiger partial charge >= 0.3 is 0 Å². The molecule has 4 rings (SSSR count). The number of thioether (sulfide) groups is 1. The molecule has 2 aromatic heterocycles. The highest BCUT2D eigenvalue weighted by Gasteiger charge is 2.42. The van der Waals surface area contributed by atoms with Crippen LogP contribution in [0.3, 0.4) is 0 Å². The highest BCUT2D eigenvalue weighted by Crippen LogP contribution is 2.35. The lowest BCUT2D eigenvalue weighted by atomic mass is 10.2. The highest BCUT2D eigenvalue weighted by molar-refractivity contribution is 7.98. The van der Waals surface area contributed by atoms with Crippen LogP contribution in [-0.4, -0.2) is 73.5 Å². The number of carbonyl (C=O) groups is 1. The summed E-state index contributed by atoms with van der Waals surface area (Å²) in [5.41, 5.74) is 0.840. The fourth-order valence-electron chi connectivity index (χ4n) is 4.22. The number of thiophene rings is 1. The number of rotatable bonds is 10. The molecule has 0 saturated carbocycles. The minimum atomic E-state index is -3.81. The van der Waals surface area contributed by atoms with Crippen molar-refractivity contribution in [3.63, 3.8) is 0 Å². The van der Waals surface area contributed by atoms with Gasteiger partial charge in [0, 0.05) is 24.5 Å². The Bertz CT molecular complexity index is 1290. The molecule has 1 unspecified atom stereocenters. The summed E-state index contributed by atoms with van der Waals surface area (Å²) < 4.78 is 29.7. The standard InChI is InChI=1S/C23H29ClN4O3S4.ClH/c1-4-26(5-2)13-14-27(23-25-17-9-8-16(32-3)15-19(17)33-23)22(29)18-7-6-12-28(18)35(30,31)21-11-10-20(24)34-21;/h8-11,15,18H,4-7,12-14H2,1-3H3;1H. The van der Waals surface area contributed by atoms with E-state index >= 15 is 0 Å². The lowest BCUT2D eigenvalue weighted by Crippen LogP contribution is -2.49. The number of amides is 1. The van der Waals surface area contributed by atoms with Crippen molar-refractivity contribution in [1.29, 1.82) is 0 Å². The van der Waals surface area contributed by atoms with Gasteiger partial charge in [-0.2, -0.15) is 4.31 Å². The predicted molar refractivity (Wildman–Crippen MR) is 155 cm³/mol. The molecule has 0 aliphatic carbocycles. The Kier molecular flexibility index (Phi) is 10.5. The van der Waals surface area contributed by atoms with E-state index in [1.54, 1.807) is 22.7 Å². The summed E-state index contributed by atoms with van der Waals surface area (Å²) in [4.78, 5) is 23.8. The van der Waals surface area contributed by atoms with Crippen molar-refractivity contribution in [1.82, 2.24) is 14.2 Å². The third kappa shape index (κ3) is 6.20. The molecule has 0 radical (unpaired) electrons. The Morgan fingerprint density at radius 1 is 1.19 bits per heavy atom. The number of sulfonamides is 1. The van der Waals surface area contributed by atoms with Gasteiger partial charge in [-0.3, -0.25) is 9.69 Å². The van der Waals surface area contributed by atoms with Gasteiger partial charge < -0.3 is 4.90 Å². The van der Waals surface area contributed by atoms with Crippen LogP contribution in [0.4, 0.5) is 5.13 Å². The summed E-state index contributed by atoms with van der Waals surface area (Å²) in [6.07, 6.45) is 3.15. The Morgan fingerprint density at radius 2 is 1.94 bits per heavy atom. The van der Waals surface area contributed by atoms with Crippen LogP contribution in [0.15, 0.2) is 39.4 Å². The van der Waals surface area contributed by atoms with Gasteiger partial charge in [-0.25, -0.2) is 13.4 Å². The summed E-state index contributed by atoms with van der Waals surface area (Å²) in [6.45, 7) is 7.38. The first-order chi connectivity index (χ1) is 16.8. The van der Waals surface area contributed by atoms with Crippen molar-refractivity contribution in [3.8, 4) is 0 Å². The molecule has 198 valence electrons. The van der Waals surface area contributed by atoms with E-state index in [9.17, 15) is 13.2 Å². The van der Waals surface area contributed by atoms with Gasteiger partial charge in [-0.15, -0.1) is 35.5 Å². The topological polar surface area (TPSA) is 73.8 Å². The maximum absolute atomic E-state index is 14.0. The lowest BCUT2D eigenvalue weighted by molar-refractivity contribution is -0.121. The second-order valence-corrected chi connectivity index (χ2v) is 13.9. The average molecular weight is 610 g/mol. The summed E-state index contributed by atoms with van der Waals surface area (Å²) in [7, 11) is -3.81. The first-order valence-corrected chi connectivity index (χ1v) is 16.2. The van der Waals surface area contributed by atoms with Gasteiger partial charge in [0.05, 0.1) is 14.6 Å². The molecule has 1 amide bonds. The first kappa shape index (κ1) is 29.6. The molecule has 36 heavy (non-hydrogen) atoms. The molecule has 1 atom stereocenters. The zero-order valence-corrected chi connectivity index (χ0v) is 25.2. The van der Waals surface area contributed by atoms with E-state index < -0.39 is 16.1 Å². The summed E-state index contributed by atoms with van der Waals surface area (Å²) in [6, 6.07) is 8.41. The molecule has 3 heterocycles. The summed E-state index contributed by atoms with van der Waals surface area (Å²) >= 11 is 10.2. The summed E-state index contributed by atoms with van der Waals surface area (Å²) in [5.74, 6) is -0.218. The lowest BCUT2D eigenvalue weighted by Gasteiger charge is -2.29. The van der Waals surface area contributed by atoms with Crippen molar-refractivity contribution >= 4 is 89.7 Å². The number of carbonyl (C=O) groups excluding carboxylic acids is 1. The fraction of sp³-hybridized carbons (Fsp3) is 0.478. The minimum absolute atomic E-state index is 0. The van der Waals surface area contributed by atoms with Gasteiger partial charge in [0.25, 0.3) is 10.0 Å². The number of thiazole rings is 1. The fourth-order valence-corrected chi connectivity index (χ4v) is 9.04. The molecule has 1 aliphatic heterocycles. The Morgan fingerprint density at radius 3 is 2.58 bits per heavy atom. The number of hydrogen-bond acceptors (Lipinski definition) is 8. The van der Waals surface area contributed by atoms with E-state index in [-0.39, 0.29) is 22.5 Å². The number of benzene rings is 1. The van der Waals surface area contributed by atoms with Crippen LogP contribution in [0.1, 0.15) is 26.7 Å². The molecule has 1 fully saturated rings. The van der Waals surface area contributed by atoms with Gasteiger partial charge in [-0.1, -0.05) is 36.8 Å². The highest BCUT2D eigenvalue weighted by atomic mass is 35.5. The monoisotopic (exact) mass is 608 g/mol. The number of likely N-dealkylation sites (N-methyl/N-ethyl adjacent to an activating group) is 1. The van der Waals surface area contributed by atoms with E-state index in [2.05, 4.69) is 24.8 Å². The zero-order chi connectivity index (χ0) is 25.2. The Balaban J connectivity index is 0.00000361. The maximum atomic E-state index is 14.0. The largest absolute Gasteiger partial charge is 0.302 e. The molecule has 0 spiro atoms. The number of halogens is 2. The Labute approximate surface area is 236 Å². The van der Waals surface area contributed by atoms with E-state index in [1.165, 1.54) is 21.7 Å². The minimum Gasteiger partial charge on any atom is -0.302 e. The van der Waals surface area contributed by atoms with Crippen molar-refractivity contribution in [3.05, 3.63) is 34.7 Å². The van der Waals surface area contributed by atoms with Crippen LogP contribution >= 0.6 is 58.4 Å². The Hall–Kier alpha value is -0.920. The van der Waals surface area contributed by atoms with Crippen LogP contribution in [0.5, 0.6) is 0 Å². The summed E-state index contributed by atoms with van der Waals surface area (Å²) in [5, 5.41) is 0.610. The van der Waals surface area contributed by atoms with Crippen LogP contribution in [0.2, 0.25) is 4.34 Å². The second-order valence-electron chi connectivity index (χ2n) is 8.18. The van der Waals surface area contributed by atoms with Gasteiger partial charge in [0.15, 0.2) is 5.13 Å². The van der Waals surface area contributed by atoms with Gasteiger partial charge in [0.1, 0.15) is 10.3 Å². The van der Waals surface area contributed by atoms with Crippen molar-refractivity contribution in [2.24, 2.45) is 0 Å². The van der Waals surface area contributed by atoms with E-state index in [4.69, 9.17) is 16.6 Å². The molecule has 3 aromatic rings. The smallest absolute Gasteiger partial charge is 0.253 e. The molecule has 0 bridgehead atoms. The van der Waals surface area contributed by atoms with Gasteiger partial charge in [-0.05, 0) is 62.5 Å². The number of hydrogen-bond donors (Lipinski definition) is 0. The number of anilines is 1. The second kappa shape index (κ2) is 12.8. The first-order valence-electron chi connectivity index (χ1n) is 11.5. The molecule has 1 aliphatic rings. The molecule has 7 nitrogen and oxygen atoms in total. The average Bonchev–Trinajstić information content (AvgIpc) is 3.60. The molecule has 1 saturated heterocycles. The molecular weight excluding hydrogens is 579 g/mol. The van der Waals surface area contributed by atoms with Gasteiger partial charge in [0.2, 0.25) is 5.91 Å². The SMILES string of the molecule is CCN(CC)CCN(C(=O)C1CCCN1S(=O)(=O)c1ccc(Cl)s1)c1nc2ccc(SC)cc2s1.Cl. The molecule has 13 heteroatoms. The molecule has 0 N–H and O–H groups in total. The number of fused-ring (bicyclic) bond motifs is 1. The van der Waals surface area contributed by atoms with Crippen LogP contribution in [0.25, 0.3) is 10.2 Å². The van der Waals surface area contributed by atoms with E-state index in [0.29, 0.717) is 41.9 Å². The van der Waals surface area contributed by atoms with Crippen LogP contribution in [-0.2, 0) is 14.8 Å². The van der Waals surface area contributed by atoms with Crippen LogP contribution in [0, 0.1) is 0 Å².